The summed E-state index contributed by atoms with van der Waals surface area (Å²) in [7, 11) is 0. The van der Waals surface area contributed by atoms with Crippen LogP contribution in [0.15, 0.2) is 12.1 Å². The molecule has 1 aliphatic rings. The first kappa shape index (κ1) is 16.4. The van der Waals surface area contributed by atoms with Crippen LogP contribution in [0.25, 0.3) is 0 Å². The molecule has 0 unspecified atom stereocenters. The van der Waals surface area contributed by atoms with Crippen molar-refractivity contribution in [3.05, 3.63) is 22.2 Å². The Morgan fingerprint density at radius 2 is 2.14 bits per heavy atom. The number of benzene rings is 1. The van der Waals surface area contributed by atoms with Crippen molar-refractivity contribution in [3.8, 4) is 0 Å². The Balaban J connectivity index is 1.99. The molecule has 2 rings (SSSR count). The molecule has 1 fully saturated rings. The summed E-state index contributed by atoms with van der Waals surface area (Å²) in [4.78, 5) is 14.3. The summed E-state index contributed by atoms with van der Waals surface area (Å²) in [6, 6.07) is 3.14. The van der Waals surface area contributed by atoms with E-state index in [4.69, 9.17) is 28.9 Å². The molecule has 0 atom stereocenters. The maximum atomic E-state index is 12.2. The van der Waals surface area contributed by atoms with Crippen LogP contribution in [0.3, 0.4) is 0 Å². The van der Waals surface area contributed by atoms with E-state index in [1.165, 1.54) is 6.42 Å². The molecular weight excluding hydrogens is 309 g/mol. The summed E-state index contributed by atoms with van der Waals surface area (Å²) in [5, 5.41) is 3.59. The fraction of sp³-hybridized carbons (Fsp3) is 0.533. The number of amides is 1. The molecule has 0 bridgehead atoms. The smallest absolute Gasteiger partial charge is 0.238 e. The van der Waals surface area contributed by atoms with Crippen LogP contribution in [0.5, 0.6) is 0 Å². The number of nitrogens with two attached hydrogens (primary N) is 1. The maximum absolute atomic E-state index is 12.2. The minimum absolute atomic E-state index is 0.108. The van der Waals surface area contributed by atoms with Crippen LogP contribution in [0.1, 0.15) is 26.7 Å². The number of hydrogen-bond acceptors (Lipinski definition) is 3. The first-order valence-electron chi connectivity index (χ1n) is 7.03. The molecule has 3 N–H and O–H groups in total. The van der Waals surface area contributed by atoms with E-state index in [1.807, 2.05) is 0 Å². The Morgan fingerprint density at radius 1 is 1.43 bits per heavy atom. The lowest BCUT2D eigenvalue weighted by atomic mass is 9.84. The van der Waals surface area contributed by atoms with E-state index in [2.05, 4.69) is 24.1 Å². The Hall–Kier alpha value is -0.970. The summed E-state index contributed by atoms with van der Waals surface area (Å²) in [5.41, 5.74) is 6.92. The van der Waals surface area contributed by atoms with Crippen LogP contribution in [-0.2, 0) is 4.79 Å². The van der Waals surface area contributed by atoms with E-state index in [9.17, 15) is 4.79 Å². The monoisotopic (exact) mass is 329 g/mol. The number of halogens is 2. The summed E-state index contributed by atoms with van der Waals surface area (Å²) in [6.45, 7) is 6.67. The lowest BCUT2D eigenvalue weighted by Crippen LogP contribution is -2.43. The van der Waals surface area contributed by atoms with Gasteiger partial charge in [0, 0.05) is 11.6 Å². The Kier molecular flexibility index (Phi) is 5.02. The molecule has 1 heterocycles. The summed E-state index contributed by atoms with van der Waals surface area (Å²) in [5.74, 6) is -0.108. The van der Waals surface area contributed by atoms with Gasteiger partial charge in [-0.05, 0) is 36.9 Å². The van der Waals surface area contributed by atoms with Gasteiger partial charge in [0.2, 0.25) is 5.91 Å². The van der Waals surface area contributed by atoms with Gasteiger partial charge in [-0.15, -0.1) is 0 Å². The zero-order valence-electron chi connectivity index (χ0n) is 12.4. The third-order valence-corrected chi connectivity index (χ3v) is 4.21. The van der Waals surface area contributed by atoms with Gasteiger partial charge in [0.05, 0.1) is 22.9 Å². The Morgan fingerprint density at radius 3 is 2.76 bits per heavy atom. The van der Waals surface area contributed by atoms with E-state index in [0.717, 1.165) is 19.5 Å². The van der Waals surface area contributed by atoms with E-state index < -0.39 is 0 Å². The molecule has 0 spiro atoms. The SMILES string of the molecule is CC1(C)CCCN(CC(=O)Nc2c(N)cc(Cl)cc2Cl)C1. The summed E-state index contributed by atoms with van der Waals surface area (Å²) < 4.78 is 0. The average molecular weight is 330 g/mol. The first-order chi connectivity index (χ1) is 9.77. The molecular formula is C15H21Cl2N3O. The number of hydrogen-bond donors (Lipinski definition) is 2. The molecule has 1 saturated heterocycles. The van der Waals surface area contributed by atoms with Crippen molar-refractivity contribution in [2.75, 3.05) is 30.7 Å². The van der Waals surface area contributed by atoms with Gasteiger partial charge in [-0.2, -0.15) is 0 Å². The van der Waals surface area contributed by atoms with Gasteiger partial charge in [0.1, 0.15) is 0 Å². The number of nitrogen functional groups attached to an aromatic ring is 1. The number of anilines is 2. The van der Waals surface area contributed by atoms with Crippen molar-refractivity contribution < 1.29 is 4.79 Å². The molecule has 0 aliphatic carbocycles. The van der Waals surface area contributed by atoms with Gasteiger partial charge < -0.3 is 11.1 Å². The lowest BCUT2D eigenvalue weighted by Gasteiger charge is -2.37. The van der Waals surface area contributed by atoms with Crippen LogP contribution in [-0.4, -0.2) is 30.4 Å². The predicted molar refractivity (Wildman–Crippen MR) is 89.0 cm³/mol. The number of rotatable bonds is 3. The van der Waals surface area contributed by atoms with Crippen LogP contribution in [0, 0.1) is 5.41 Å². The molecule has 116 valence electrons. The molecule has 4 nitrogen and oxygen atoms in total. The fourth-order valence-corrected chi connectivity index (χ4v) is 3.34. The van der Waals surface area contributed by atoms with Gasteiger partial charge in [-0.3, -0.25) is 9.69 Å². The van der Waals surface area contributed by atoms with Gasteiger partial charge in [0.25, 0.3) is 0 Å². The molecule has 1 aliphatic heterocycles. The quantitative estimate of drug-likeness (QED) is 0.832. The number of likely N-dealkylation sites (tertiary alicyclic amines) is 1. The first-order valence-corrected chi connectivity index (χ1v) is 7.79. The maximum Gasteiger partial charge on any atom is 0.238 e. The van der Waals surface area contributed by atoms with Gasteiger partial charge in [-0.1, -0.05) is 37.0 Å². The molecule has 0 radical (unpaired) electrons. The number of piperidine rings is 1. The van der Waals surface area contributed by atoms with Gasteiger partial charge in [-0.25, -0.2) is 0 Å². The predicted octanol–water partition coefficient (Wildman–Crippen LogP) is 3.64. The third kappa shape index (κ3) is 4.50. The van der Waals surface area contributed by atoms with Gasteiger partial charge in [0.15, 0.2) is 0 Å². The van der Waals surface area contributed by atoms with E-state index in [0.29, 0.717) is 28.0 Å². The Bertz CT molecular complexity index is 523. The molecule has 21 heavy (non-hydrogen) atoms. The fourth-order valence-electron chi connectivity index (χ4n) is 2.79. The van der Waals surface area contributed by atoms with Gasteiger partial charge >= 0.3 is 0 Å². The van der Waals surface area contributed by atoms with Crippen molar-refractivity contribution in [2.24, 2.45) is 5.41 Å². The highest BCUT2D eigenvalue weighted by Crippen LogP contribution is 2.32. The second-order valence-corrected chi connectivity index (χ2v) is 7.22. The molecule has 0 saturated carbocycles. The number of carbonyl (C=O) groups excluding carboxylic acids is 1. The summed E-state index contributed by atoms with van der Waals surface area (Å²) >= 11 is 11.9. The minimum atomic E-state index is -0.108. The second kappa shape index (κ2) is 6.42. The van der Waals surface area contributed by atoms with Crippen LogP contribution in [0.2, 0.25) is 10.0 Å². The number of carbonyl (C=O) groups is 1. The van der Waals surface area contributed by atoms with Crippen molar-refractivity contribution in [1.29, 1.82) is 0 Å². The number of nitrogens with one attached hydrogen (secondary N) is 1. The molecule has 1 aromatic rings. The van der Waals surface area contributed by atoms with E-state index >= 15 is 0 Å². The third-order valence-electron chi connectivity index (χ3n) is 3.70. The standard InChI is InChI=1S/C15H21Cl2N3O/c1-15(2)4-3-5-20(9-15)8-13(21)19-14-11(17)6-10(16)7-12(14)18/h6-7H,3-5,8-9,18H2,1-2H3,(H,19,21). The second-order valence-electron chi connectivity index (χ2n) is 6.38. The molecule has 6 heteroatoms. The number of nitrogens with zero attached hydrogens (tertiary/aromatic N) is 1. The van der Waals surface area contributed by atoms with Crippen molar-refractivity contribution in [2.45, 2.75) is 26.7 Å². The average Bonchev–Trinajstić information content (AvgIpc) is 2.32. The van der Waals surface area contributed by atoms with Crippen LogP contribution in [0.4, 0.5) is 11.4 Å². The summed E-state index contributed by atoms with van der Waals surface area (Å²) in [6.07, 6.45) is 2.31. The van der Waals surface area contributed by atoms with Crippen molar-refractivity contribution in [1.82, 2.24) is 4.90 Å². The Labute approximate surface area is 135 Å². The van der Waals surface area contributed by atoms with Crippen molar-refractivity contribution >= 4 is 40.5 Å². The highest BCUT2D eigenvalue weighted by Gasteiger charge is 2.27. The van der Waals surface area contributed by atoms with Crippen LogP contribution < -0.4 is 11.1 Å². The van der Waals surface area contributed by atoms with E-state index in [-0.39, 0.29) is 11.3 Å². The zero-order valence-corrected chi connectivity index (χ0v) is 13.9. The van der Waals surface area contributed by atoms with Crippen LogP contribution >= 0.6 is 23.2 Å². The molecule has 1 amide bonds. The van der Waals surface area contributed by atoms with Crippen molar-refractivity contribution in [3.63, 3.8) is 0 Å². The lowest BCUT2D eigenvalue weighted by molar-refractivity contribution is -0.118. The molecule has 1 aromatic carbocycles. The molecule has 0 aromatic heterocycles. The zero-order chi connectivity index (χ0) is 15.6. The highest BCUT2D eigenvalue weighted by molar-refractivity contribution is 6.37. The highest BCUT2D eigenvalue weighted by atomic mass is 35.5. The topological polar surface area (TPSA) is 58.4 Å². The van der Waals surface area contributed by atoms with E-state index in [1.54, 1.807) is 12.1 Å². The normalized spacial score (nSPS) is 18.5. The minimum Gasteiger partial charge on any atom is -0.397 e. The largest absolute Gasteiger partial charge is 0.397 e.